The number of benzene rings is 1. The molecule has 0 N–H and O–H groups in total. The molecule has 134 valence electrons. The van der Waals surface area contributed by atoms with E-state index in [9.17, 15) is 9.59 Å². The molecule has 1 amide bonds. The first-order chi connectivity index (χ1) is 12.6. The van der Waals surface area contributed by atoms with Crippen LogP contribution in [0.2, 0.25) is 0 Å². The minimum absolute atomic E-state index is 0.0224. The minimum atomic E-state index is 0.0224. The number of carbonyl (C=O) groups is 2. The van der Waals surface area contributed by atoms with Gasteiger partial charge in [-0.1, -0.05) is 31.2 Å². The van der Waals surface area contributed by atoms with Crippen molar-refractivity contribution < 1.29 is 9.59 Å². The number of amides is 1. The predicted molar refractivity (Wildman–Crippen MR) is 105 cm³/mol. The average Bonchev–Trinajstić information content (AvgIpc) is 3.31. The Bertz CT molecular complexity index is 934. The van der Waals surface area contributed by atoms with Gasteiger partial charge >= 0.3 is 0 Å². The molecule has 0 bridgehead atoms. The van der Waals surface area contributed by atoms with E-state index in [1.165, 1.54) is 11.3 Å². The third kappa shape index (κ3) is 3.19. The normalized spacial score (nSPS) is 15.5. The molecule has 4 nitrogen and oxygen atoms in total. The number of thiophene rings is 1. The molecule has 0 aliphatic carbocycles. The number of aromatic nitrogens is 1. The number of hydrogen-bond acceptors (Lipinski definition) is 3. The molecule has 1 aromatic carbocycles. The van der Waals surface area contributed by atoms with Crippen molar-refractivity contribution in [2.75, 3.05) is 13.1 Å². The summed E-state index contributed by atoms with van der Waals surface area (Å²) in [5, 5.41) is 2.82. The first-order valence-corrected chi connectivity index (χ1v) is 9.95. The number of rotatable bonds is 4. The van der Waals surface area contributed by atoms with Crippen LogP contribution < -0.4 is 0 Å². The topological polar surface area (TPSA) is 42.3 Å². The van der Waals surface area contributed by atoms with Crippen LogP contribution in [0.1, 0.15) is 35.0 Å². The van der Waals surface area contributed by atoms with Gasteiger partial charge in [0, 0.05) is 35.8 Å². The van der Waals surface area contributed by atoms with E-state index >= 15 is 0 Å². The average molecular weight is 366 g/mol. The second-order valence-electron chi connectivity index (χ2n) is 7.06. The lowest BCUT2D eigenvalue weighted by molar-refractivity contribution is -0.133. The fraction of sp³-hybridized carbons (Fsp3) is 0.333. The number of nitrogens with zero attached hydrogens (tertiary/aromatic N) is 2. The van der Waals surface area contributed by atoms with E-state index in [4.69, 9.17) is 0 Å². The molecular weight excluding hydrogens is 344 g/mol. The molecule has 0 radical (unpaired) electrons. The van der Waals surface area contributed by atoms with Gasteiger partial charge in [-0.3, -0.25) is 9.59 Å². The molecule has 5 heteroatoms. The maximum atomic E-state index is 12.9. The predicted octanol–water partition coefficient (Wildman–Crippen LogP) is 4.19. The Hall–Kier alpha value is -2.40. The highest BCUT2D eigenvalue weighted by molar-refractivity contribution is 7.12. The van der Waals surface area contributed by atoms with E-state index in [0.717, 1.165) is 41.7 Å². The summed E-state index contributed by atoms with van der Waals surface area (Å²) in [7, 11) is 0. The SMILES string of the molecule is CC1CCN(C(=O)Cn2cc(C(=O)c3cccs3)c3ccccc32)CC1. The number of hydrogen-bond donors (Lipinski definition) is 0. The second-order valence-corrected chi connectivity index (χ2v) is 8.01. The van der Waals surface area contributed by atoms with Crippen molar-refractivity contribution in [2.45, 2.75) is 26.3 Å². The van der Waals surface area contributed by atoms with Crippen LogP contribution in [0.25, 0.3) is 10.9 Å². The molecular formula is C21H22N2O2S. The van der Waals surface area contributed by atoms with Gasteiger partial charge in [-0.05, 0) is 36.3 Å². The highest BCUT2D eigenvalue weighted by Crippen LogP contribution is 2.26. The van der Waals surface area contributed by atoms with Gasteiger partial charge in [-0.2, -0.15) is 0 Å². The summed E-state index contributed by atoms with van der Waals surface area (Å²) in [5.74, 6) is 0.850. The molecule has 1 aliphatic heterocycles. The fourth-order valence-corrected chi connectivity index (χ4v) is 4.28. The van der Waals surface area contributed by atoms with Crippen molar-refractivity contribution in [1.82, 2.24) is 9.47 Å². The lowest BCUT2D eigenvalue weighted by atomic mass is 9.99. The highest BCUT2D eigenvalue weighted by atomic mass is 32.1. The smallest absolute Gasteiger partial charge is 0.242 e. The van der Waals surface area contributed by atoms with Crippen molar-refractivity contribution in [3.05, 3.63) is 58.4 Å². The van der Waals surface area contributed by atoms with Crippen LogP contribution in [-0.4, -0.2) is 34.2 Å². The summed E-state index contributed by atoms with van der Waals surface area (Å²) < 4.78 is 1.93. The number of para-hydroxylation sites is 1. The van der Waals surface area contributed by atoms with E-state index in [0.29, 0.717) is 11.5 Å². The van der Waals surface area contributed by atoms with Crippen LogP contribution in [0, 0.1) is 5.92 Å². The minimum Gasteiger partial charge on any atom is -0.341 e. The van der Waals surface area contributed by atoms with Gasteiger partial charge in [0.25, 0.3) is 0 Å². The molecule has 3 aromatic rings. The van der Waals surface area contributed by atoms with Crippen LogP contribution >= 0.6 is 11.3 Å². The highest BCUT2D eigenvalue weighted by Gasteiger charge is 2.22. The first-order valence-electron chi connectivity index (χ1n) is 9.07. The third-order valence-electron chi connectivity index (χ3n) is 5.22. The van der Waals surface area contributed by atoms with Crippen LogP contribution in [0.4, 0.5) is 0 Å². The Morgan fingerprint density at radius 2 is 1.88 bits per heavy atom. The molecule has 4 rings (SSSR count). The van der Waals surface area contributed by atoms with Crippen LogP contribution in [0.5, 0.6) is 0 Å². The second kappa shape index (κ2) is 7.08. The van der Waals surface area contributed by atoms with Crippen LogP contribution in [-0.2, 0) is 11.3 Å². The molecule has 0 saturated carbocycles. The summed E-state index contributed by atoms with van der Waals surface area (Å²) >= 11 is 1.45. The van der Waals surface area contributed by atoms with Gasteiger partial charge in [0.1, 0.15) is 6.54 Å². The number of fused-ring (bicyclic) bond motifs is 1. The number of carbonyl (C=O) groups excluding carboxylic acids is 2. The largest absolute Gasteiger partial charge is 0.341 e. The first kappa shape index (κ1) is 17.0. The van der Waals surface area contributed by atoms with Gasteiger partial charge in [-0.15, -0.1) is 11.3 Å². The molecule has 1 aliphatic rings. The van der Waals surface area contributed by atoms with E-state index < -0.39 is 0 Å². The van der Waals surface area contributed by atoms with Crippen molar-refractivity contribution in [3.63, 3.8) is 0 Å². The summed E-state index contributed by atoms with van der Waals surface area (Å²) in [6.07, 6.45) is 3.98. The molecule has 0 spiro atoms. The summed E-state index contributed by atoms with van der Waals surface area (Å²) in [6.45, 7) is 4.19. The van der Waals surface area contributed by atoms with E-state index in [-0.39, 0.29) is 18.2 Å². The van der Waals surface area contributed by atoms with Gasteiger partial charge in [-0.25, -0.2) is 0 Å². The van der Waals surface area contributed by atoms with Gasteiger partial charge < -0.3 is 9.47 Å². The van der Waals surface area contributed by atoms with Gasteiger partial charge in [0.2, 0.25) is 11.7 Å². The lowest BCUT2D eigenvalue weighted by Crippen LogP contribution is -2.39. The molecule has 0 unspecified atom stereocenters. The Labute approximate surface area is 157 Å². The molecule has 1 fully saturated rings. The van der Waals surface area contributed by atoms with Gasteiger partial charge in [0.05, 0.1) is 4.88 Å². The number of piperidine rings is 1. The Balaban J connectivity index is 1.63. The number of ketones is 1. The molecule has 3 heterocycles. The third-order valence-corrected chi connectivity index (χ3v) is 6.09. The lowest BCUT2D eigenvalue weighted by Gasteiger charge is -2.30. The molecule has 2 aromatic heterocycles. The van der Waals surface area contributed by atoms with Gasteiger partial charge in [0.15, 0.2) is 0 Å². The fourth-order valence-electron chi connectivity index (χ4n) is 3.60. The zero-order valence-corrected chi connectivity index (χ0v) is 15.7. The van der Waals surface area contributed by atoms with Crippen LogP contribution in [0.3, 0.4) is 0 Å². The van der Waals surface area contributed by atoms with E-state index in [1.807, 2.05) is 57.4 Å². The maximum Gasteiger partial charge on any atom is 0.242 e. The summed E-state index contributed by atoms with van der Waals surface area (Å²) in [5.41, 5.74) is 1.61. The zero-order chi connectivity index (χ0) is 18.1. The van der Waals surface area contributed by atoms with Crippen molar-refractivity contribution in [3.8, 4) is 0 Å². The maximum absolute atomic E-state index is 12.9. The molecule has 1 saturated heterocycles. The zero-order valence-electron chi connectivity index (χ0n) is 14.9. The van der Waals surface area contributed by atoms with Crippen LogP contribution in [0.15, 0.2) is 48.0 Å². The quantitative estimate of drug-likeness (QED) is 0.650. The molecule has 26 heavy (non-hydrogen) atoms. The standard InChI is InChI=1S/C21H22N2O2S/c1-15-8-10-22(11-9-15)20(24)14-23-13-17(16-5-2-3-6-18(16)23)21(25)19-7-4-12-26-19/h2-7,12-13,15H,8-11,14H2,1H3. The summed E-state index contributed by atoms with van der Waals surface area (Å²) in [6, 6.07) is 11.6. The van der Waals surface area contributed by atoms with Crippen molar-refractivity contribution in [2.24, 2.45) is 5.92 Å². The Kier molecular flexibility index (Phi) is 4.64. The summed E-state index contributed by atoms with van der Waals surface area (Å²) in [4.78, 5) is 28.3. The monoisotopic (exact) mass is 366 g/mol. The van der Waals surface area contributed by atoms with E-state index in [2.05, 4.69) is 6.92 Å². The molecule has 0 atom stereocenters. The Morgan fingerprint density at radius 1 is 1.12 bits per heavy atom. The van der Waals surface area contributed by atoms with Crippen molar-refractivity contribution in [1.29, 1.82) is 0 Å². The van der Waals surface area contributed by atoms with Crippen molar-refractivity contribution >= 4 is 33.9 Å². The number of likely N-dealkylation sites (tertiary alicyclic amines) is 1. The Morgan fingerprint density at radius 3 is 2.62 bits per heavy atom. The van der Waals surface area contributed by atoms with E-state index in [1.54, 1.807) is 0 Å².